The van der Waals surface area contributed by atoms with Crippen molar-refractivity contribution < 1.29 is 9.47 Å². The number of ether oxygens (including phenoxy) is 2. The standard InChI is InChI=1S/C18H19ClINO2/c1-4-12(2)23-18-16(19)8-13(9-17(18)22-3)11-21-15-7-5-6-14(20)10-15/h5-12H,4H2,1-3H3/t12-/m0/s1. The van der Waals surface area contributed by atoms with Crippen LogP contribution in [0.2, 0.25) is 5.02 Å². The van der Waals surface area contributed by atoms with Gasteiger partial charge in [0.15, 0.2) is 11.5 Å². The zero-order chi connectivity index (χ0) is 16.8. The predicted octanol–water partition coefficient (Wildman–Crippen LogP) is 5.88. The molecule has 0 amide bonds. The van der Waals surface area contributed by atoms with Crippen molar-refractivity contribution in [3.8, 4) is 11.5 Å². The van der Waals surface area contributed by atoms with Crippen LogP contribution < -0.4 is 9.47 Å². The molecule has 2 aromatic carbocycles. The van der Waals surface area contributed by atoms with Gasteiger partial charge in [0.25, 0.3) is 0 Å². The Kier molecular flexibility index (Phi) is 6.72. The van der Waals surface area contributed by atoms with E-state index < -0.39 is 0 Å². The Labute approximate surface area is 155 Å². The van der Waals surface area contributed by atoms with Gasteiger partial charge in [-0.25, -0.2) is 0 Å². The van der Waals surface area contributed by atoms with Crippen LogP contribution in [0.5, 0.6) is 11.5 Å². The summed E-state index contributed by atoms with van der Waals surface area (Å²) in [5, 5.41) is 0.522. The third-order valence-corrected chi connectivity index (χ3v) is 4.27. The maximum Gasteiger partial charge on any atom is 0.180 e. The van der Waals surface area contributed by atoms with Gasteiger partial charge in [-0.3, -0.25) is 4.99 Å². The van der Waals surface area contributed by atoms with E-state index in [1.165, 1.54) is 0 Å². The summed E-state index contributed by atoms with van der Waals surface area (Å²) in [5.41, 5.74) is 1.76. The van der Waals surface area contributed by atoms with Crippen molar-refractivity contribution in [3.63, 3.8) is 0 Å². The molecule has 0 radical (unpaired) electrons. The van der Waals surface area contributed by atoms with Crippen molar-refractivity contribution in [2.75, 3.05) is 7.11 Å². The Bertz CT molecular complexity index is 703. The van der Waals surface area contributed by atoms with Gasteiger partial charge >= 0.3 is 0 Å². The molecule has 0 spiro atoms. The number of hydrogen-bond donors (Lipinski definition) is 0. The molecule has 0 aliphatic rings. The third-order valence-electron chi connectivity index (χ3n) is 3.32. The van der Waals surface area contributed by atoms with Crippen LogP contribution in [0.25, 0.3) is 0 Å². The summed E-state index contributed by atoms with van der Waals surface area (Å²) in [5.74, 6) is 1.19. The highest BCUT2D eigenvalue weighted by Gasteiger charge is 2.13. The number of aliphatic imine (C=N–C) groups is 1. The number of halogens is 2. The first-order valence-electron chi connectivity index (χ1n) is 7.37. The molecular formula is C18H19ClINO2. The summed E-state index contributed by atoms with van der Waals surface area (Å²) in [6.07, 6.45) is 2.75. The van der Waals surface area contributed by atoms with Crippen molar-refractivity contribution in [1.82, 2.24) is 0 Å². The second kappa shape index (κ2) is 8.55. The van der Waals surface area contributed by atoms with E-state index in [2.05, 4.69) is 34.5 Å². The van der Waals surface area contributed by atoms with E-state index in [9.17, 15) is 0 Å². The lowest BCUT2D eigenvalue weighted by atomic mass is 10.2. The van der Waals surface area contributed by atoms with Gasteiger partial charge in [-0.2, -0.15) is 0 Å². The minimum atomic E-state index is 0.0762. The van der Waals surface area contributed by atoms with E-state index in [-0.39, 0.29) is 6.10 Å². The highest BCUT2D eigenvalue weighted by atomic mass is 127. The van der Waals surface area contributed by atoms with Gasteiger partial charge < -0.3 is 9.47 Å². The molecule has 0 aliphatic carbocycles. The Morgan fingerprint density at radius 2 is 2.09 bits per heavy atom. The second-order valence-corrected chi connectivity index (χ2v) is 6.76. The molecule has 0 unspecified atom stereocenters. The van der Waals surface area contributed by atoms with E-state index in [0.29, 0.717) is 16.5 Å². The molecule has 0 saturated carbocycles. The van der Waals surface area contributed by atoms with Crippen LogP contribution in [0.1, 0.15) is 25.8 Å². The Morgan fingerprint density at radius 1 is 1.30 bits per heavy atom. The Morgan fingerprint density at radius 3 is 2.74 bits per heavy atom. The van der Waals surface area contributed by atoms with E-state index in [4.69, 9.17) is 21.1 Å². The van der Waals surface area contributed by atoms with Gasteiger partial charge in [-0.05, 0) is 71.8 Å². The predicted molar refractivity (Wildman–Crippen MR) is 105 cm³/mol. The van der Waals surface area contributed by atoms with E-state index in [1.54, 1.807) is 13.3 Å². The summed E-state index contributed by atoms with van der Waals surface area (Å²) < 4.78 is 12.4. The fourth-order valence-electron chi connectivity index (χ4n) is 1.92. The van der Waals surface area contributed by atoms with Crippen LogP contribution in [0.15, 0.2) is 41.4 Å². The highest BCUT2D eigenvalue weighted by molar-refractivity contribution is 14.1. The fraction of sp³-hybridized carbons (Fsp3) is 0.278. The van der Waals surface area contributed by atoms with Gasteiger partial charge in [-0.1, -0.05) is 24.6 Å². The molecule has 1 atom stereocenters. The second-order valence-electron chi connectivity index (χ2n) is 5.11. The van der Waals surface area contributed by atoms with Crippen LogP contribution in [-0.2, 0) is 0 Å². The van der Waals surface area contributed by atoms with E-state index in [1.807, 2.05) is 43.3 Å². The molecule has 0 aliphatic heterocycles. The average molecular weight is 444 g/mol. The summed E-state index contributed by atoms with van der Waals surface area (Å²) in [6.45, 7) is 4.06. The van der Waals surface area contributed by atoms with Crippen molar-refractivity contribution in [3.05, 3.63) is 50.6 Å². The first kappa shape index (κ1) is 18.1. The first-order chi connectivity index (χ1) is 11.0. The number of rotatable bonds is 6. The smallest absolute Gasteiger partial charge is 0.180 e. The molecule has 122 valence electrons. The maximum atomic E-state index is 6.35. The van der Waals surface area contributed by atoms with Crippen molar-refractivity contribution in [2.45, 2.75) is 26.4 Å². The molecule has 23 heavy (non-hydrogen) atoms. The molecule has 3 nitrogen and oxygen atoms in total. The minimum absolute atomic E-state index is 0.0762. The van der Waals surface area contributed by atoms with Crippen molar-refractivity contribution >= 4 is 46.1 Å². The fourth-order valence-corrected chi connectivity index (χ4v) is 2.71. The quantitative estimate of drug-likeness (QED) is 0.412. The first-order valence-corrected chi connectivity index (χ1v) is 8.83. The maximum absolute atomic E-state index is 6.35. The lowest BCUT2D eigenvalue weighted by Gasteiger charge is -2.17. The molecular weight excluding hydrogens is 425 g/mol. The molecule has 0 bridgehead atoms. The number of benzene rings is 2. The molecule has 0 N–H and O–H groups in total. The van der Waals surface area contributed by atoms with Gasteiger partial charge in [-0.15, -0.1) is 0 Å². The third kappa shape index (κ3) is 5.11. The lowest BCUT2D eigenvalue weighted by molar-refractivity contribution is 0.208. The zero-order valence-electron chi connectivity index (χ0n) is 13.3. The Balaban J connectivity index is 2.28. The summed E-state index contributed by atoms with van der Waals surface area (Å²) in [4.78, 5) is 4.48. The molecule has 0 heterocycles. The van der Waals surface area contributed by atoms with Crippen molar-refractivity contribution in [1.29, 1.82) is 0 Å². The van der Waals surface area contributed by atoms with Crippen LogP contribution in [0.3, 0.4) is 0 Å². The normalized spacial score (nSPS) is 12.4. The summed E-state index contributed by atoms with van der Waals surface area (Å²) >= 11 is 8.62. The zero-order valence-corrected chi connectivity index (χ0v) is 16.3. The van der Waals surface area contributed by atoms with E-state index >= 15 is 0 Å². The van der Waals surface area contributed by atoms with Crippen LogP contribution >= 0.6 is 34.2 Å². The number of methoxy groups -OCH3 is 1. The lowest BCUT2D eigenvalue weighted by Crippen LogP contribution is -2.11. The molecule has 2 aromatic rings. The topological polar surface area (TPSA) is 30.8 Å². The molecule has 0 saturated heterocycles. The van der Waals surface area contributed by atoms with Gasteiger partial charge in [0.1, 0.15) is 0 Å². The largest absolute Gasteiger partial charge is 0.493 e. The monoisotopic (exact) mass is 443 g/mol. The van der Waals surface area contributed by atoms with Gasteiger partial charge in [0.05, 0.1) is 23.9 Å². The van der Waals surface area contributed by atoms with Gasteiger partial charge in [0, 0.05) is 9.78 Å². The van der Waals surface area contributed by atoms with Crippen LogP contribution in [-0.4, -0.2) is 19.4 Å². The molecule has 5 heteroatoms. The SMILES string of the molecule is CC[C@H](C)Oc1c(Cl)cc(C=Nc2cccc(I)c2)cc1OC. The minimum Gasteiger partial charge on any atom is -0.493 e. The van der Waals surface area contributed by atoms with E-state index in [0.717, 1.165) is 21.2 Å². The number of hydrogen-bond acceptors (Lipinski definition) is 3. The molecule has 0 fully saturated rings. The number of nitrogens with zero attached hydrogens (tertiary/aromatic N) is 1. The molecule has 0 aromatic heterocycles. The molecule has 2 rings (SSSR count). The average Bonchev–Trinajstić information content (AvgIpc) is 2.54. The van der Waals surface area contributed by atoms with Crippen molar-refractivity contribution in [2.24, 2.45) is 4.99 Å². The Hall–Kier alpha value is -1.27. The summed E-state index contributed by atoms with van der Waals surface area (Å²) in [6, 6.07) is 11.7. The van der Waals surface area contributed by atoms with Crippen LogP contribution in [0.4, 0.5) is 5.69 Å². The highest BCUT2D eigenvalue weighted by Crippen LogP contribution is 2.37. The van der Waals surface area contributed by atoms with Gasteiger partial charge in [0.2, 0.25) is 0 Å². The van der Waals surface area contributed by atoms with Crippen LogP contribution in [0, 0.1) is 3.57 Å². The summed E-state index contributed by atoms with van der Waals surface area (Å²) in [7, 11) is 1.61.